The van der Waals surface area contributed by atoms with E-state index in [4.69, 9.17) is 23.7 Å². The second kappa shape index (κ2) is 35.0. The van der Waals surface area contributed by atoms with Crippen LogP contribution < -0.4 is 0 Å². The van der Waals surface area contributed by atoms with Crippen molar-refractivity contribution in [3.63, 3.8) is 0 Å². The van der Waals surface area contributed by atoms with Crippen LogP contribution in [0.2, 0.25) is 0 Å². The van der Waals surface area contributed by atoms with Crippen LogP contribution in [0.3, 0.4) is 0 Å². The highest BCUT2D eigenvalue weighted by atomic mass is 16.6. The molecule has 5 aliphatic rings. The highest BCUT2D eigenvalue weighted by Gasteiger charge is 2.43. The van der Waals surface area contributed by atoms with Gasteiger partial charge in [-0.1, -0.05) is 112 Å². The molecule has 83 heavy (non-hydrogen) atoms. The van der Waals surface area contributed by atoms with Gasteiger partial charge >= 0.3 is 29.8 Å². The van der Waals surface area contributed by atoms with Crippen LogP contribution >= 0.6 is 0 Å². The summed E-state index contributed by atoms with van der Waals surface area (Å²) in [6.45, 7) is 51.0. The van der Waals surface area contributed by atoms with Gasteiger partial charge < -0.3 is 23.7 Å². The van der Waals surface area contributed by atoms with Crippen molar-refractivity contribution in [2.45, 2.75) is 344 Å². The zero-order valence-corrected chi connectivity index (χ0v) is 56.6. The number of carbonyl (C=O) groups is 5. The quantitative estimate of drug-likeness (QED) is 0.0502. The Morgan fingerprint density at radius 1 is 0.313 bits per heavy atom. The molecular weight excluding hydrogens is 1040 g/mol. The van der Waals surface area contributed by atoms with Crippen molar-refractivity contribution in [1.29, 1.82) is 0 Å². The normalized spacial score (nSPS) is 20.2. The third-order valence-corrected chi connectivity index (χ3v) is 19.9. The SMILES string of the molecule is C=C(C)C1(OC(=O)C(C)(C)CC)CCCCC1.C=CC1(OC(=O)C(C)(C)CC)CCCC1.C=CC1(OC(=O)C(C)(C)CC)CCCCC1.C=CC1(OC(=O)C(C)(C)CC)CCCCCC1.C=CC1(OC(=O)C(C)(C)CC)CCCCCCC1. The van der Waals surface area contributed by atoms with E-state index in [9.17, 15) is 24.0 Å². The summed E-state index contributed by atoms with van der Waals surface area (Å²) >= 11 is 0. The number of rotatable bonds is 20. The van der Waals surface area contributed by atoms with Crippen molar-refractivity contribution in [3.8, 4) is 0 Å². The molecule has 0 heterocycles. The van der Waals surface area contributed by atoms with Gasteiger partial charge in [0.25, 0.3) is 0 Å². The van der Waals surface area contributed by atoms with Crippen molar-refractivity contribution in [3.05, 3.63) is 62.8 Å². The minimum atomic E-state index is -0.413. The summed E-state index contributed by atoms with van der Waals surface area (Å²) in [5.41, 5.74) is -2.89. The summed E-state index contributed by atoms with van der Waals surface area (Å²) in [6.07, 6.45) is 40.8. The van der Waals surface area contributed by atoms with Crippen molar-refractivity contribution < 1.29 is 47.7 Å². The maximum absolute atomic E-state index is 12.3. The molecule has 0 atom stereocenters. The van der Waals surface area contributed by atoms with Crippen molar-refractivity contribution in [2.24, 2.45) is 27.1 Å². The Hall–Kier alpha value is -3.95. The first-order valence-electron chi connectivity index (χ1n) is 33.0. The van der Waals surface area contributed by atoms with Crippen molar-refractivity contribution in [2.75, 3.05) is 0 Å². The van der Waals surface area contributed by atoms with Crippen LogP contribution in [0.4, 0.5) is 0 Å². The van der Waals surface area contributed by atoms with Gasteiger partial charge in [-0.05, 0) is 267 Å². The van der Waals surface area contributed by atoms with Gasteiger partial charge in [-0.3, -0.25) is 24.0 Å². The van der Waals surface area contributed by atoms with Gasteiger partial charge in [-0.2, -0.15) is 0 Å². The first kappa shape index (κ1) is 77.1. The summed E-state index contributed by atoms with van der Waals surface area (Å²) in [7, 11) is 0. The van der Waals surface area contributed by atoms with Crippen LogP contribution in [-0.2, 0) is 47.7 Å². The molecule has 5 rings (SSSR count). The number of hydrogen-bond donors (Lipinski definition) is 0. The Morgan fingerprint density at radius 3 is 0.651 bits per heavy atom. The van der Waals surface area contributed by atoms with Gasteiger partial charge in [0.15, 0.2) is 0 Å². The lowest BCUT2D eigenvalue weighted by Gasteiger charge is -2.39. The minimum absolute atomic E-state index is 0.0783. The maximum Gasteiger partial charge on any atom is 0.312 e. The van der Waals surface area contributed by atoms with E-state index in [0.29, 0.717) is 0 Å². The fourth-order valence-electron chi connectivity index (χ4n) is 10.4. The number of carbonyl (C=O) groups excluding carboxylic acids is 5. The number of hydrogen-bond acceptors (Lipinski definition) is 10. The average molecular weight is 1160 g/mol. The van der Waals surface area contributed by atoms with Gasteiger partial charge in [-0.25, -0.2) is 0 Å². The lowest BCUT2D eigenvalue weighted by molar-refractivity contribution is -0.170. The molecule has 5 fully saturated rings. The first-order valence-corrected chi connectivity index (χ1v) is 33.0. The zero-order chi connectivity index (χ0) is 63.5. The number of esters is 5. The molecule has 5 saturated carbocycles. The molecule has 0 unspecified atom stereocenters. The van der Waals surface area contributed by atoms with Crippen LogP contribution in [0, 0.1) is 27.1 Å². The monoisotopic (exact) mass is 1160 g/mol. The van der Waals surface area contributed by atoms with Crippen molar-refractivity contribution in [1.82, 2.24) is 0 Å². The largest absolute Gasteiger partial charge is 0.454 e. The van der Waals surface area contributed by atoms with Gasteiger partial charge in [0.1, 0.15) is 28.0 Å². The third kappa shape index (κ3) is 24.4. The average Bonchev–Trinajstić information content (AvgIpc) is 3.99. The van der Waals surface area contributed by atoms with Crippen LogP contribution in [0.15, 0.2) is 62.8 Å². The van der Waals surface area contributed by atoms with E-state index >= 15 is 0 Å². The molecular formula is C73H126O10. The molecule has 0 spiro atoms. The lowest BCUT2D eigenvalue weighted by atomic mass is 9.79. The molecule has 0 saturated heterocycles. The van der Waals surface area contributed by atoms with Gasteiger partial charge in [0.05, 0.1) is 27.1 Å². The van der Waals surface area contributed by atoms with Crippen LogP contribution in [-0.4, -0.2) is 57.9 Å². The molecule has 10 heteroatoms. The molecule has 0 aliphatic heterocycles. The molecule has 0 aromatic carbocycles. The fourth-order valence-corrected chi connectivity index (χ4v) is 10.4. The van der Waals surface area contributed by atoms with Crippen LogP contribution in [0.5, 0.6) is 0 Å². The summed E-state index contributed by atoms with van der Waals surface area (Å²) in [5.74, 6) is -0.416. The number of ether oxygens (including phenoxy) is 5. The van der Waals surface area contributed by atoms with E-state index in [2.05, 4.69) is 32.9 Å². The lowest BCUT2D eigenvalue weighted by Crippen LogP contribution is -2.42. The van der Waals surface area contributed by atoms with E-state index in [-0.39, 0.29) is 68.3 Å². The predicted octanol–water partition coefficient (Wildman–Crippen LogP) is 20.4. The third-order valence-electron chi connectivity index (χ3n) is 19.9. The molecule has 5 aliphatic carbocycles. The van der Waals surface area contributed by atoms with Crippen LogP contribution in [0.25, 0.3) is 0 Å². The zero-order valence-electron chi connectivity index (χ0n) is 56.6. The van der Waals surface area contributed by atoms with E-state index in [1.807, 2.05) is 135 Å². The van der Waals surface area contributed by atoms with Crippen LogP contribution in [0.1, 0.15) is 316 Å². The fraction of sp³-hybridized carbons (Fsp3) is 0.795. The Morgan fingerprint density at radius 2 is 0.470 bits per heavy atom. The molecule has 0 bridgehead atoms. The Kier molecular flexibility index (Phi) is 32.5. The minimum Gasteiger partial charge on any atom is -0.454 e. The van der Waals surface area contributed by atoms with E-state index in [0.717, 1.165) is 166 Å². The molecule has 0 amide bonds. The van der Waals surface area contributed by atoms with Gasteiger partial charge in [0, 0.05) is 0 Å². The van der Waals surface area contributed by atoms with Gasteiger partial charge in [0.2, 0.25) is 0 Å². The summed E-state index contributed by atoms with van der Waals surface area (Å²) < 4.78 is 28.9. The molecule has 10 nitrogen and oxygen atoms in total. The smallest absolute Gasteiger partial charge is 0.312 e. The molecule has 478 valence electrons. The molecule has 0 radical (unpaired) electrons. The predicted molar refractivity (Wildman–Crippen MR) is 345 cm³/mol. The first-order chi connectivity index (χ1) is 38.7. The highest BCUT2D eigenvalue weighted by Crippen LogP contribution is 2.41. The summed E-state index contributed by atoms with van der Waals surface area (Å²) in [4.78, 5) is 60.6. The maximum atomic E-state index is 12.3. The highest BCUT2D eigenvalue weighted by molar-refractivity contribution is 5.78. The van der Waals surface area contributed by atoms with Gasteiger partial charge in [-0.15, -0.1) is 0 Å². The van der Waals surface area contributed by atoms with E-state index in [1.165, 1.54) is 44.9 Å². The standard InChI is InChI=1S/C16H28O2.2C15H26O2.C14H24O2.C13H22O2/c1-5-15(3,4)14(17)18-16(6-2)12-10-8-7-9-11-13-16;1-6-14(4,5)13(16)17-15(12(2)3)10-8-7-9-11-15;1-5-14(3,4)13(16)17-15(6-2)11-9-7-8-10-12-15;1-5-13(3,4)12(15)16-14(6-2)10-8-7-9-11-14;1-5-12(3,4)11(14)15-13(6-2)9-7-8-10-13/h6H,2,5,7-13H2,1,3-4H3;2,6-11H2,1,3-5H3;6H,2,5,7-12H2,1,3-4H3;6H,2,5,7-11H2,1,3-4H3;6H,2,5,7-10H2,1,3-4H3. The van der Waals surface area contributed by atoms with E-state index < -0.39 is 16.6 Å². The Balaban J connectivity index is 0.000000519. The Labute approximate surface area is 509 Å². The van der Waals surface area contributed by atoms with Crippen molar-refractivity contribution >= 4 is 29.8 Å². The Bertz CT molecular complexity index is 2030. The summed E-state index contributed by atoms with van der Waals surface area (Å²) in [5, 5.41) is 0. The summed E-state index contributed by atoms with van der Waals surface area (Å²) in [6, 6.07) is 0. The second-order valence-corrected chi connectivity index (χ2v) is 28.5. The molecule has 0 N–H and O–H groups in total. The topological polar surface area (TPSA) is 132 Å². The molecule has 0 aromatic rings. The second-order valence-electron chi connectivity index (χ2n) is 28.5. The molecule has 0 aromatic heterocycles. The van der Waals surface area contributed by atoms with E-state index in [1.54, 1.807) is 0 Å².